The molecule has 0 bridgehead atoms. The van der Waals surface area contributed by atoms with Crippen molar-refractivity contribution in [2.45, 2.75) is 38.5 Å². The number of carbonyl (C=O) groups is 2. The number of aliphatic carboxylic acids is 1. The Bertz CT molecular complexity index is 453. The van der Waals surface area contributed by atoms with Gasteiger partial charge in [0.2, 0.25) is 5.91 Å². The summed E-state index contributed by atoms with van der Waals surface area (Å²) >= 11 is 0. The molecular weight excluding hydrogens is 244 g/mol. The molecule has 19 heavy (non-hydrogen) atoms. The van der Waals surface area contributed by atoms with Crippen molar-refractivity contribution in [3.8, 4) is 0 Å². The Hall–Kier alpha value is -1.91. The minimum atomic E-state index is -0.884. The quantitative estimate of drug-likeness (QED) is 0.873. The number of nitrogens with zero attached hydrogens (tertiary/aromatic N) is 1. The largest absolute Gasteiger partial charge is 0.481 e. The third kappa shape index (κ3) is 3.30. The summed E-state index contributed by atoms with van der Waals surface area (Å²) in [4.78, 5) is 27.4. The van der Waals surface area contributed by atoms with Crippen LogP contribution < -0.4 is 5.32 Å². The molecule has 0 aromatic carbocycles. The maximum atomic E-state index is 12.0. The number of pyridine rings is 1. The Balaban J connectivity index is 2.01. The Morgan fingerprint density at radius 1 is 1.32 bits per heavy atom. The van der Waals surface area contributed by atoms with Gasteiger partial charge in [0, 0.05) is 12.6 Å². The Morgan fingerprint density at radius 2 is 2.05 bits per heavy atom. The fourth-order valence-corrected chi connectivity index (χ4v) is 2.64. The molecule has 2 N–H and O–H groups in total. The number of nitrogens with one attached hydrogen (secondary N) is 1. The Kier molecular flexibility index (Phi) is 4.14. The van der Waals surface area contributed by atoms with E-state index in [9.17, 15) is 14.7 Å². The molecule has 1 aliphatic carbocycles. The van der Waals surface area contributed by atoms with Gasteiger partial charge in [-0.15, -0.1) is 0 Å². The summed E-state index contributed by atoms with van der Waals surface area (Å²) < 4.78 is 0. The van der Waals surface area contributed by atoms with E-state index in [1.54, 1.807) is 24.5 Å². The summed E-state index contributed by atoms with van der Waals surface area (Å²) in [6.07, 6.45) is 7.20. The van der Waals surface area contributed by atoms with Crippen molar-refractivity contribution >= 4 is 17.6 Å². The number of hydrogen-bond donors (Lipinski definition) is 2. The first-order valence-electron chi connectivity index (χ1n) is 6.56. The Labute approximate surface area is 112 Å². The lowest BCUT2D eigenvalue weighted by Gasteiger charge is -2.32. The van der Waals surface area contributed by atoms with Crippen molar-refractivity contribution in [1.29, 1.82) is 0 Å². The van der Waals surface area contributed by atoms with E-state index in [1.165, 1.54) is 0 Å². The smallest absolute Gasteiger partial charge is 0.310 e. The molecule has 0 radical (unpaired) electrons. The highest BCUT2D eigenvalue weighted by Crippen LogP contribution is 2.39. The molecule has 0 unspecified atom stereocenters. The number of anilines is 1. The lowest BCUT2D eigenvalue weighted by atomic mass is 9.71. The molecule has 5 nitrogen and oxygen atoms in total. The van der Waals surface area contributed by atoms with E-state index in [-0.39, 0.29) is 12.3 Å². The van der Waals surface area contributed by atoms with Crippen LogP contribution in [0.25, 0.3) is 0 Å². The summed E-state index contributed by atoms with van der Waals surface area (Å²) in [7, 11) is 0. The van der Waals surface area contributed by atoms with Crippen molar-refractivity contribution < 1.29 is 14.7 Å². The topological polar surface area (TPSA) is 79.3 Å². The maximum Gasteiger partial charge on any atom is 0.310 e. The minimum Gasteiger partial charge on any atom is -0.481 e. The van der Waals surface area contributed by atoms with Gasteiger partial charge in [-0.25, -0.2) is 0 Å². The van der Waals surface area contributed by atoms with Crippen LogP contribution in [0.1, 0.15) is 38.5 Å². The van der Waals surface area contributed by atoms with Crippen LogP contribution in [0.5, 0.6) is 0 Å². The zero-order valence-corrected chi connectivity index (χ0v) is 10.8. The maximum absolute atomic E-state index is 12.0. The monoisotopic (exact) mass is 262 g/mol. The van der Waals surface area contributed by atoms with Crippen molar-refractivity contribution in [2.24, 2.45) is 5.41 Å². The molecule has 5 heteroatoms. The number of carbonyl (C=O) groups excluding carboxylic acids is 1. The molecule has 1 heterocycles. The number of amides is 1. The summed E-state index contributed by atoms with van der Waals surface area (Å²) in [5.41, 5.74) is -0.284. The predicted molar refractivity (Wildman–Crippen MR) is 70.6 cm³/mol. The van der Waals surface area contributed by atoms with Crippen LogP contribution >= 0.6 is 0 Å². The van der Waals surface area contributed by atoms with E-state index in [1.807, 2.05) is 0 Å². The highest BCUT2D eigenvalue weighted by molar-refractivity contribution is 5.94. The van der Waals surface area contributed by atoms with E-state index in [2.05, 4.69) is 10.3 Å². The van der Waals surface area contributed by atoms with E-state index in [0.717, 1.165) is 19.3 Å². The fraction of sp³-hybridized carbons (Fsp3) is 0.500. The molecule has 1 amide bonds. The molecular formula is C14H18N2O3. The van der Waals surface area contributed by atoms with Gasteiger partial charge in [0.25, 0.3) is 0 Å². The van der Waals surface area contributed by atoms with Crippen LogP contribution in [0.2, 0.25) is 0 Å². The fourth-order valence-electron chi connectivity index (χ4n) is 2.64. The van der Waals surface area contributed by atoms with Crippen LogP contribution in [0.4, 0.5) is 5.69 Å². The van der Waals surface area contributed by atoms with Gasteiger partial charge in [-0.05, 0) is 25.0 Å². The zero-order chi connectivity index (χ0) is 13.7. The molecule has 1 saturated carbocycles. The zero-order valence-electron chi connectivity index (χ0n) is 10.8. The normalized spacial score (nSPS) is 17.7. The van der Waals surface area contributed by atoms with Gasteiger partial charge < -0.3 is 10.4 Å². The first kappa shape index (κ1) is 13.5. The standard InChI is InChI=1S/C14H18N2O3/c17-12(16-11-5-4-8-15-10-11)9-14(13(18)19)6-2-1-3-7-14/h4-5,8,10H,1-3,6-7,9H2,(H,16,17)(H,18,19). The molecule has 1 aliphatic rings. The van der Waals surface area contributed by atoms with Gasteiger partial charge in [0.15, 0.2) is 0 Å². The van der Waals surface area contributed by atoms with Crippen molar-refractivity contribution in [2.75, 3.05) is 5.32 Å². The molecule has 0 spiro atoms. The van der Waals surface area contributed by atoms with Gasteiger partial charge in [-0.3, -0.25) is 14.6 Å². The summed E-state index contributed by atoms with van der Waals surface area (Å²) in [5, 5.41) is 12.1. The van der Waals surface area contributed by atoms with Crippen molar-refractivity contribution in [1.82, 2.24) is 4.98 Å². The number of carboxylic acids is 1. The first-order chi connectivity index (χ1) is 9.12. The van der Waals surface area contributed by atoms with Crippen molar-refractivity contribution in [3.05, 3.63) is 24.5 Å². The predicted octanol–water partition coefficient (Wildman–Crippen LogP) is 2.45. The number of aromatic nitrogens is 1. The molecule has 1 aromatic rings. The number of rotatable bonds is 4. The Morgan fingerprint density at radius 3 is 2.63 bits per heavy atom. The second-order valence-electron chi connectivity index (χ2n) is 5.11. The molecule has 1 aromatic heterocycles. The number of hydrogen-bond acceptors (Lipinski definition) is 3. The minimum absolute atomic E-state index is 0.0389. The SMILES string of the molecule is O=C(CC1(C(=O)O)CCCCC1)Nc1cccnc1. The molecule has 0 aliphatic heterocycles. The van der Waals surface area contributed by atoms with Crippen LogP contribution in [-0.4, -0.2) is 22.0 Å². The second kappa shape index (κ2) is 5.82. The van der Waals surface area contributed by atoms with E-state index in [0.29, 0.717) is 18.5 Å². The third-order valence-corrected chi connectivity index (χ3v) is 3.71. The lowest BCUT2D eigenvalue weighted by Crippen LogP contribution is -2.37. The van der Waals surface area contributed by atoms with E-state index >= 15 is 0 Å². The van der Waals surface area contributed by atoms with Crippen LogP contribution in [0.15, 0.2) is 24.5 Å². The summed E-state index contributed by atoms with van der Waals surface area (Å²) in [6, 6.07) is 3.46. The first-order valence-corrected chi connectivity index (χ1v) is 6.56. The average Bonchev–Trinajstić information content (AvgIpc) is 2.40. The highest BCUT2D eigenvalue weighted by Gasteiger charge is 2.41. The van der Waals surface area contributed by atoms with Crippen molar-refractivity contribution in [3.63, 3.8) is 0 Å². The third-order valence-electron chi connectivity index (χ3n) is 3.71. The highest BCUT2D eigenvalue weighted by atomic mass is 16.4. The lowest BCUT2D eigenvalue weighted by molar-refractivity contribution is -0.153. The molecule has 2 rings (SSSR count). The van der Waals surface area contributed by atoms with E-state index in [4.69, 9.17) is 0 Å². The molecule has 1 fully saturated rings. The molecule has 102 valence electrons. The summed E-state index contributed by atoms with van der Waals surface area (Å²) in [5.74, 6) is -1.11. The van der Waals surface area contributed by atoms with Crippen LogP contribution in [0.3, 0.4) is 0 Å². The van der Waals surface area contributed by atoms with Crippen LogP contribution in [0, 0.1) is 5.41 Å². The van der Waals surface area contributed by atoms with Gasteiger partial charge in [-0.2, -0.15) is 0 Å². The van der Waals surface area contributed by atoms with Gasteiger partial charge in [0.05, 0.1) is 17.3 Å². The van der Waals surface area contributed by atoms with E-state index < -0.39 is 11.4 Å². The van der Waals surface area contributed by atoms with Gasteiger partial charge >= 0.3 is 5.97 Å². The summed E-state index contributed by atoms with van der Waals surface area (Å²) in [6.45, 7) is 0. The molecule has 0 saturated heterocycles. The van der Waals surface area contributed by atoms with Gasteiger partial charge in [0.1, 0.15) is 0 Å². The average molecular weight is 262 g/mol. The van der Waals surface area contributed by atoms with Gasteiger partial charge in [-0.1, -0.05) is 19.3 Å². The molecule has 0 atom stereocenters. The van der Waals surface area contributed by atoms with Crippen LogP contribution in [-0.2, 0) is 9.59 Å². The second-order valence-corrected chi connectivity index (χ2v) is 5.11. The number of carboxylic acid groups (broad SMARTS) is 1.